The summed E-state index contributed by atoms with van der Waals surface area (Å²) >= 11 is 0. The number of hydrogen-bond donors (Lipinski definition) is 1. The van der Waals surface area contributed by atoms with Crippen LogP contribution in [0.2, 0.25) is 0 Å². The molecular weight excluding hydrogens is 280 g/mol. The Labute approximate surface area is 134 Å². The summed E-state index contributed by atoms with van der Waals surface area (Å²) in [5.41, 5.74) is 0. The molecule has 0 amide bonds. The van der Waals surface area contributed by atoms with E-state index in [1.165, 1.54) is 0 Å². The first-order chi connectivity index (χ1) is 10.5. The van der Waals surface area contributed by atoms with Crippen LogP contribution in [0.1, 0.15) is 72.1 Å². The maximum Gasteiger partial charge on any atom is 0.204 e. The summed E-state index contributed by atoms with van der Waals surface area (Å²) in [5.74, 6) is -0.103. The van der Waals surface area contributed by atoms with Gasteiger partial charge in [-0.1, -0.05) is 27.2 Å². The Kier molecular flexibility index (Phi) is 6.42. The van der Waals surface area contributed by atoms with Crippen molar-refractivity contribution in [3.05, 3.63) is 0 Å². The molecule has 0 saturated heterocycles. The van der Waals surface area contributed by atoms with E-state index in [0.717, 1.165) is 57.7 Å². The molecule has 0 aromatic rings. The summed E-state index contributed by atoms with van der Waals surface area (Å²) < 4.78 is 0. The van der Waals surface area contributed by atoms with Crippen LogP contribution in [0, 0.1) is 23.7 Å². The van der Waals surface area contributed by atoms with E-state index in [0.29, 0.717) is 5.92 Å². The standard InChI is InChI=1S/C18H32O4/c1-4-14-10-13(3)18(20,16(5-2)11-14)22-21-17-8-6-15(12-19)7-9-17/h12-17,20H,4-11H2,1-3H3. The third kappa shape index (κ3) is 3.90. The lowest BCUT2D eigenvalue weighted by Crippen LogP contribution is -2.51. The summed E-state index contributed by atoms with van der Waals surface area (Å²) in [4.78, 5) is 22.1. The fraction of sp³-hybridized carbons (Fsp3) is 0.944. The van der Waals surface area contributed by atoms with Gasteiger partial charge in [0.2, 0.25) is 5.79 Å². The second-order valence-corrected chi connectivity index (χ2v) is 7.36. The molecule has 2 aliphatic rings. The predicted octanol–water partition coefficient (Wildman–Crippen LogP) is 3.86. The Morgan fingerprint density at radius 1 is 1.14 bits per heavy atom. The maximum atomic E-state index is 11.0. The van der Waals surface area contributed by atoms with Gasteiger partial charge in [0, 0.05) is 17.8 Å². The second-order valence-electron chi connectivity index (χ2n) is 7.36. The molecule has 4 heteroatoms. The molecule has 0 spiro atoms. The van der Waals surface area contributed by atoms with Crippen LogP contribution in [0.15, 0.2) is 0 Å². The zero-order valence-electron chi connectivity index (χ0n) is 14.3. The van der Waals surface area contributed by atoms with E-state index in [1.807, 2.05) is 0 Å². The average Bonchev–Trinajstić information content (AvgIpc) is 2.55. The van der Waals surface area contributed by atoms with Crippen molar-refractivity contribution in [2.45, 2.75) is 84.0 Å². The SMILES string of the molecule is CCC1CC(C)C(O)(OOC2CCC(C=O)CC2)C(CC)C1. The molecule has 0 bridgehead atoms. The van der Waals surface area contributed by atoms with Crippen molar-refractivity contribution in [1.82, 2.24) is 0 Å². The Morgan fingerprint density at radius 3 is 2.36 bits per heavy atom. The van der Waals surface area contributed by atoms with Crippen LogP contribution < -0.4 is 0 Å². The van der Waals surface area contributed by atoms with E-state index in [1.54, 1.807) is 0 Å². The van der Waals surface area contributed by atoms with Gasteiger partial charge >= 0.3 is 0 Å². The monoisotopic (exact) mass is 312 g/mol. The lowest BCUT2D eigenvalue weighted by atomic mass is 9.69. The van der Waals surface area contributed by atoms with Crippen LogP contribution in [0.5, 0.6) is 0 Å². The van der Waals surface area contributed by atoms with E-state index in [9.17, 15) is 9.90 Å². The largest absolute Gasteiger partial charge is 0.363 e. The lowest BCUT2D eigenvalue weighted by molar-refractivity contribution is -0.470. The molecule has 0 aromatic carbocycles. The third-order valence-corrected chi connectivity index (χ3v) is 5.89. The van der Waals surface area contributed by atoms with Gasteiger partial charge in [-0.2, -0.15) is 0 Å². The highest BCUT2D eigenvalue weighted by atomic mass is 17.2. The van der Waals surface area contributed by atoms with Crippen molar-refractivity contribution in [2.75, 3.05) is 0 Å². The first-order valence-corrected chi connectivity index (χ1v) is 9.05. The Bertz CT molecular complexity index is 351. The van der Waals surface area contributed by atoms with Crippen LogP contribution in [0.3, 0.4) is 0 Å². The number of carbonyl (C=O) groups excluding carboxylic acids is 1. The predicted molar refractivity (Wildman–Crippen MR) is 84.9 cm³/mol. The van der Waals surface area contributed by atoms with Crippen molar-refractivity contribution in [2.24, 2.45) is 23.7 Å². The van der Waals surface area contributed by atoms with Gasteiger partial charge in [0.25, 0.3) is 0 Å². The Morgan fingerprint density at radius 2 is 1.82 bits per heavy atom. The van der Waals surface area contributed by atoms with E-state index in [-0.39, 0.29) is 23.9 Å². The third-order valence-electron chi connectivity index (χ3n) is 5.89. The van der Waals surface area contributed by atoms with Crippen LogP contribution in [0.4, 0.5) is 0 Å². The highest BCUT2D eigenvalue weighted by Gasteiger charge is 2.48. The summed E-state index contributed by atoms with van der Waals surface area (Å²) in [7, 11) is 0. The molecule has 22 heavy (non-hydrogen) atoms. The molecule has 4 unspecified atom stereocenters. The van der Waals surface area contributed by atoms with Crippen molar-refractivity contribution >= 4 is 6.29 Å². The molecule has 0 aromatic heterocycles. The fourth-order valence-electron chi connectivity index (χ4n) is 4.15. The topological polar surface area (TPSA) is 55.8 Å². The Hall–Kier alpha value is -0.450. The molecule has 2 rings (SSSR count). The number of hydrogen-bond acceptors (Lipinski definition) is 4. The molecule has 2 aliphatic carbocycles. The van der Waals surface area contributed by atoms with Gasteiger partial charge in [-0.3, -0.25) is 0 Å². The summed E-state index contributed by atoms with van der Waals surface area (Å²) in [5, 5.41) is 11.0. The van der Waals surface area contributed by atoms with Crippen LogP contribution in [-0.2, 0) is 14.6 Å². The van der Waals surface area contributed by atoms with E-state index < -0.39 is 5.79 Å². The van der Waals surface area contributed by atoms with Gasteiger partial charge in [-0.15, -0.1) is 0 Å². The lowest BCUT2D eigenvalue weighted by Gasteiger charge is -2.46. The van der Waals surface area contributed by atoms with Gasteiger partial charge < -0.3 is 9.90 Å². The molecule has 0 heterocycles. The van der Waals surface area contributed by atoms with Gasteiger partial charge in [-0.25, -0.2) is 9.78 Å². The number of rotatable bonds is 6. The molecule has 0 radical (unpaired) electrons. The van der Waals surface area contributed by atoms with Gasteiger partial charge in [-0.05, 0) is 50.9 Å². The van der Waals surface area contributed by atoms with Gasteiger partial charge in [0.05, 0.1) is 6.10 Å². The molecule has 2 fully saturated rings. The van der Waals surface area contributed by atoms with E-state index in [2.05, 4.69) is 20.8 Å². The van der Waals surface area contributed by atoms with Crippen LogP contribution in [0.25, 0.3) is 0 Å². The van der Waals surface area contributed by atoms with Gasteiger partial charge in [0.15, 0.2) is 0 Å². The maximum absolute atomic E-state index is 11.0. The molecule has 0 aliphatic heterocycles. The summed E-state index contributed by atoms with van der Waals surface area (Å²) in [6, 6.07) is 0. The molecule has 4 nitrogen and oxygen atoms in total. The fourth-order valence-corrected chi connectivity index (χ4v) is 4.15. The van der Waals surface area contributed by atoms with Crippen molar-refractivity contribution in [1.29, 1.82) is 0 Å². The van der Waals surface area contributed by atoms with Crippen molar-refractivity contribution in [3.8, 4) is 0 Å². The highest BCUT2D eigenvalue weighted by molar-refractivity contribution is 5.53. The zero-order chi connectivity index (χ0) is 16.2. The minimum Gasteiger partial charge on any atom is -0.363 e. The highest BCUT2D eigenvalue weighted by Crippen LogP contribution is 2.45. The number of aliphatic hydroxyl groups is 1. The molecule has 128 valence electrons. The zero-order valence-corrected chi connectivity index (χ0v) is 14.3. The normalized spacial score (nSPS) is 43.0. The van der Waals surface area contributed by atoms with Crippen molar-refractivity contribution < 1.29 is 19.7 Å². The quantitative estimate of drug-likeness (QED) is 0.350. The molecule has 2 saturated carbocycles. The first-order valence-electron chi connectivity index (χ1n) is 9.05. The number of carbonyl (C=O) groups is 1. The average molecular weight is 312 g/mol. The molecule has 4 atom stereocenters. The molecular formula is C18H32O4. The Balaban J connectivity index is 1.90. The van der Waals surface area contributed by atoms with Crippen LogP contribution in [-0.4, -0.2) is 23.3 Å². The van der Waals surface area contributed by atoms with Crippen LogP contribution >= 0.6 is 0 Å². The summed E-state index contributed by atoms with van der Waals surface area (Å²) in [6.07, 6.45) is 8.51. The number of aldehydes is 1. The van der Waals surface area contributed by atoms with E-state index in [4.69, 9.17) is 9.78 Å². The molecule has 1 N–H and O–H groups in total. The van der Waals surface area contributed by atoms with Gasteiger partial charge in [0.1, 0.15) is 6.29 Å². The smallest absolute Gasteiger partial charge is 0.204 e. The van der Waals surface area contributed by atoms with E-state index >= 15 is 0 Å². The minimum atomic E-state index is -1.16. The summed E-state index contributed by atoms with van der Waals surface area (Å²) in [6.45, 7) is 6.40. The second kappa shape index (κ2) is 7.89. The minimum absolute atomic E-state index is 0.00818. The van der Waals surface area contributed by atoms with Crippen molar-refractivity contribution in [3.63, 3.8) is 0 Å². The first kappa shape index (κ1) is 17.9.